The van der Waals surface area contributed by atoms with Crippen molar-refractivity contribution in [3.8, 4) is 0 Å². The van der Waals surface area contributed by atoms with Gasteiger partial charge < -0.3 is 10.4 Å². The largest absolute Gasteiger partial charge is 0.480 e. The Balaban J connectivity index is 3.00. The molecule has 19 heavy (non-hydrogen) atoms. The van der Waals surface area contributed by atoms with Crippen LogP contribution in [-0.4, -0.2) is 22.5 Å². The predicted molar refractivity (Wildman–Crippen MR) is 85.3 cm³/mol. The van der Waals surface area contributed by atoms with Gasteiger partial charge in [0.15, 0.2) is 0 Å². The summed E-state index contributed by atoms with van der Waals surface area (Å²) < 4.78 is 1.56. The van der Waals surface area contributed by atoms with Crippen LogP contribution in [0.4, 0.5) is 0 Å². The molecule has 0 spiro atoms. The van der Waals surface area contributed by atoms with Crippen molar-refractivity contribution in [3.05, 3.63) is 31.8 Å². The number of halogens is 2. The predicted octanol–water partition coefficient (Wildman–Crippen LogP) is 3.43. The minimum Gasteiger partial charge on any atom is -0.480 e. The van der Waals surface area contributed by atoms with E-state index in [4.69, 9.17) is 0 Å². The van der Waals surface area contributed by atoms with Gasteiger partial charge in [0, 0.05) is 8.04 Å². The van der Waals surface area contributed by atoms with E-state index in [0.717, 1.165) is 3.57 Å². The molecule has 1 amide bonds. The third-order valence-corrected chi connectivity index (χ3v) is 4.15. The fourth-order valence-electron chi connectivity index (χ4n) is 1.71. The van der Waals surface area contributed by atoms with Crippen molar-refractivity contribution in [3.63, 3.8) is 0 Å². The summed E-state index contributed by atoms with van der Waals surface area (Å²) >= 11 is 5.41. The van der Waals surface area contributed by atoms with E-state index in [1.807, 2.05) is 13.0 Å². The monoisotopic (exact) mass is 439 g/mol. The Morgan fingerprint density at radius 3 is 2.63 bits per heavy atom. The Hall–Kier alpha value is -0.630. The summed E-state index contributed by atoms with van der Waals surface area (Å²) in [6.45, 7) is 3.41. The molecule has 0 fully saturated rings. The minimum atomic E-state index is -1.24. The molecule has 0 saturated heterocycles. The molecule has 104 valence electrons. The summed E-state index contributed by atoms with van der Waals surface area (Å²) in [5, 5.41) is 11.9. The number of carboxylic acids is 1. The number of rotatable bonds is 5. The quantitative estimate of drug-likeness (QED) is 0.690. The molecule has 0 saturated carbocycles. The summed E-state index contributed by atoms with van der Waals surface area (Å²) in [4.78, 5) is 23.5. The molecule has 0 aliphatic carbocycles. The smallest absolute Gasteiger partial charge is 0.329 e. The second-order valence-electron chi connectivity index (χ2n) is 4.47. The third kappa shape index (κ3) is 4.17. The van der Waals surface area contributed by atoms with E-state index in [1.165, 1.54) is 6.92 Å². The average molecular weight is 440 g/mol. The Kier molecular flexibility index (Phi) is 5.79. The molecule has 1 unspecified atom stereocenters. The van der Waals surface area contributed by atoms with Crippen LogP contribution < -0.4 is 5.32 Å². The first kappa shape index (κ1) is 16.4. The third-order valence-electron chi connectivity index (χ3n) is 2.78. The second kappa shape index (κ2) is 6.69. The SMILES string of the molecule is CCCC(C)(NC(=O)c1cc(I)ccc1Br)C(=O)O. The number of nitrogens with one attached hydrogen (secondary N) is 1. The van der Waals surface area contributed by atoms with Crippen LogP contribution in [0.1, 0.15) is 37.0 Å². The van der Waals surface area contributed by atoms with Crippen LogP contribution >= 0.6 is 38.5 Å². The highest BCUT2D eigenvalue weighted by molar-refractivity contribution is 14.1. The fourth-order valence-corrected chi connectivity index (χ4v) is 2.63. The fraction of sp³-hybridized carbons (Fsp3) is 0.385. The highest BCUT2D eigenvalue weighted by Crippen LogP contribution is 2.21. The average Bonchev–Trinajstić information content (AvgIpc) is 2.32. The van der Waals surface area contributed by atoms with E-state index < -0.39 is 11.5 Å². The van der Waals surface area contributed by atoms with Crippen molar-refractivity contribution in [2.24, 2.45) is 0 Å². The van der Waals surface area contributed by atoms with Crippen LogP contribution in [0.25, 0.3) is 0 Å². The van der Waals surface area contributed by atoms with Crippen molar-refractivity contribution in [1.82, 2.24) is 5.32 Å². The van der Waals surface area contributed by atoms with Gasteiger partial charge in [-0.1, -0.05) is 13.3 Å². The molecule has 2 N–H and O–H groups in total. The van der Waals surface area contributed by atoms with Gasteiger partial charge in [-0.15, -0.1) is 0 Å². The Bertz CT molecular complexity index is 507. The van der Waals surface area contributed by atoms with Crippen LogP contribution in [0.5, 0.6) is 0 Å². The lowest BCUT2D eigenvalue weighted by Gasteiger charge is -2.26. The molecular weight excluding hydrogens is 425 g/mol. The van der Waals surface area contributed by atoms with Gasteiger partial charge in [0.1, 0.15) is 5.54 Å². The number of aliphatic carboxylic acids is 1. The second-order valence-corrected chi connectivity index (χ2v) is 6.57. The molecule has 1 rings (SSSR count). The number of benzene rings is 1. The lowest BCUT2D eigenvalue weighted by Crippen LogP contribution is -2.52. The van der Waals surface area contributed by atoms with Gasteiger partial charge >= 0.3 is 5.97 Å². The van der Waals surface area contributed by atoms with Gasteiger partial charge in [-0.3, -0.25) is 4.79 Å². The van der Waals surface area contributed by atoms with Gasteiger partial charge in [0.05, 0.1) is 5.56 Å². The van der Waals surface area contributed by atoms with Gasteiger partial charge in [-0.25, -0.2) is 4.79 Å². The van der Waals surface area contributed by atoms with Crippen molar-refractivity contribution >= 4 is 50.4 Å². The zero-order chi connectivity index (χ0) is 14.6. The van der Waals surface area contributed by atoms with E-state index in [-0.39, 0.29) is 5.91 Å². The van der Waals surface area contributed by atoms with Gasteiger partial charge in [-0.2, -0.15) is 0 Å². The van der Waals surface area contributed by atoms with Crippen molar-refractivity contribution < 1.29 is 14.7 Å². The van der Waals surface area contributed by atoms with Crippen LogP contribution in [0.15, 0.2) is 22.7 Å². The molecule has 0 bridgehead atoms. The molecule has 1 aromatic rings. The van der Waals surface area contributed by atoms with E-state index in [2.05, 4.69) is 43.8 Å². The molecule has 0 aromatic heterocycles. The van der Waals surface area contributed by atoms with E-state index in [1.54, 1.807) is 12.1 Å². The first-order valence-corrected chi connectivity index (χ1v) is 7.68. The molecule has 6 heteroatoms. The molecule has 0 radical (unpaired) electrons. The lowest BCUT2D eigenvalue weighted by molar-refractivity contribution is -0.144. The van der Waals surface area contributed by atoms with Gasteiger partial charge in [-0.05, 0) is 70.1 Å². The molecular formula is C13H15BrINO3. The van der Waals surface area contributed by atoms with Crippen LogP contribution in [0.3, 0.4) is 0 Å². The molecule has 1 atom stereocenters. The minimum absolute atomic E-state index is 0.385. The zero-order valence-corrected chi connectivity index (χ0v) is 14.4. The molecule has 4 nitrogen and oxygen atoms in total. The highest BCUT2D eigenvalue weighted by atomic mass is 127. The Morgan fingerprint density at radius 2 is 2.11 bits per heavy atom. The van der Waals surface area contributed by atoms with Gasteiger partial charge in [0.2, 0.25) is 0 Å². The number of carbonyl (C=O) groups excluding carboxylic acids is 1. The maximum Gasteiger partial charge on any atom is 0.329 e. The number of hydrogen-bond acceptors (Lipinski definition) is 2. The van der Waals surface area contributed by atoms with E-state index in [0.29, 0.717) is 22.9 Å². The summed E-state index contributed by atoms with van der Waals surface area (Å²) in [6, 6.07) is 5.35. The Morgan fingerprint density at radius 1 is 1.47 bits per heavy atom. The van der Waals surface area contributed by atoms with Crippen LogP contribution in [0, 0.1) is 3.57 Å². The topological polar surface area (TPSA) is 66.4 Å². The highest BCUT2D eigenvalue weighted by Gasteiger charge is 2.34. The first-order valence-electron chi connectivity index (χ1n) is 5.81. The van der Waals surface area contributed by atoms with Gasteiger partial charge in [0.25, 0.3) is 5.91 Å². The first-order chi connectivity index (χ1) is 8.80. The Labute approximate surface area is 134 Å². The molecule has 0 aliphatic rings. The summed E-state index contributed by atoms with van der Waals surface area (Å²) in [7, 11) is 0. The molecule has 0 heterocycles. The summed E-state index contributed by atoms with van der Waals surface area (Å²) in [5.41, 5.74) is -0.803. The maximum absolute atomic E-state index is 12.2. The van der Waals surface area contributed by atoms with Crippen molar-refractivity contribution in [2.75, 3.05) is 0 Å². The number of carbonyl (C=O) groups is 2. The van der Waals surface area contributed by atoms with E-state index in [9.17, 15) is 14.7 Å². The number of hydrogen-bond donors (Lipinski definition) is 2. The van der Waals surface area contributed by atoms with Crippen LogP contribution in [0.2, 0.25) is 0 Å². The van der Waals surface area contributed by atoms with Crippen molar-refractivity contribution in [1.29, 1.82) is 0 Å². The van der Waals surface area contributed by atoms with Crippen molar-refractivity contribution in [2.45, 2.75) is 32.2 Å². The van der Waals surface area contributed by atoms with Crippen LogP contribution in [-0.2, 0) is 4.79 Å². The lowest BCUT2D eigenvalue weighted by atomic mass is 9.96. The normalized spacial score (nSPS) is 13.7. The maximum atomic E-state index is 12.2. The number of carboxylic acid groups (broad SMARTS) is 1. The summed E-state index contributed by atoms with van der Waals surface area (Å²) in [6.07, 6.45) is 1.06. The standard InChI is InChI=1S/C13H15BrINO3/c1-3-6-13(2,12(18)19)16-11(17)9-7-8(15)4-5-10(9)14/h4-5,7H,3,6H2,1-2H3,(H,16,17)(H,18,19). The molecule has 0 aliphatic heterocycles. The zero-order valence-electron chi connectivity index (χ0n) is 10.7. The van der Waals surface area contributed by atoms with E-state index >= 15 is 0 Å². The summed E-state index contributed by atoms with van der Waals surface area (Å²) in [5.74, 6) is -1.41. The molecule has 1 aromatic carbocycles. The number of amides is 1.